The molecule has 1 amide bonds. The zero-order valence-corrected chi connectivity index (χ0v) is 15.1. The Labute approximate surface area is 155 Å². The molecule has 0 bridgehead atoms. The maximum atomic E-state index is 13.6. The number of amides is 1. The molecule has 1 aromatic heterocycles. The molecule has 1 saturated carbocycles. The van der Waals surface area contributed by atoms with E-state index in [1.807, 2.05) is 0 Å². The first-order valence-electron chi connectivity index (χ1n) is 9.37. The van der Waals surface area contributed by atoms with E-state index in [1.54, 1.807) is 19.1 Å². The number of rotatable bonds is 4. The summed E-state index contributed by atoms with van der Waals surface area (Å²) >= 11 is 0. The number of carbonyl (C=O) groups excluding carboxylic acids is 1. The van der Waals surface area contributed by atoms with Crippen LogP contribution in [-0.2, 0) is 6.18 Å². The van der Waals surface area contributed by atoms with Gasteiger partial charge in [-0.05, 0) is 74.4 Å². The minimum Gasteiger partial charge on any atom is -0.349 e. The Balaban J connectivity index is 1.70. The molecule has 2 heterocycles. The third kappa shape index (κ3) is 3.78. The lowest BCUT2D eigenvalue weighted by atomic mass is 9.98. The van der Waals surface area contributed by atoms with Crippen LogP contribution in [0.1, 0.15) is 58.8 Å². The lowest BCUT2D eigenvalue weighted by Crippen LogP contribution is -2.37. The highest BCUT2D eigenvalue weighted by molar-refractivity contribution is 5.97. The Morgan fingerprint density at radius 3 is 2.67 bits per heavy atom. The van der Waals surface area contributed by atoms with Crippen molar-refractivity contribution in [1.29, 1.82) is 0 Å². The van der Waals surface area contributed by atoms with E-state index in [1.165, 1.54) is 6.07 Å². The molecular formula is C20H22F3N3O. The van der Waals surface area contributed by atoms with Crippen molar-refractivity contribution in [3.8, 4) is 0 Å². The second-order valence-corrected chi connectivity index (χ2v) is 7.56. The van der Waals surface area contributed by atoms with Crippen molar-refractivity contribution < 1.29 is 18.0 Å². The van der Waals surface area contributed by atoms with Crippen molar-refractivity contribution in [2.75, 3.05) is 13.1 Å². The summed E-state index contributed by atoms with van der Waals surface area (Å²) in [5.41, 5.74) is 0.484. The smallest absolute Gasteiger partial charge is 0.349 e. The minimum absolute atomic E-state index is 0.0302. The van der Waals surface area contributed by atoms with Crippen LogP contribution in [-0.4, -0.2) is 30.0 Å². The average molecular weight is 377 g/mol. The summed E-state index contributed by atoms with van der Waals surface area (Å²) in [6.45, 7) is 3.10. The molecule has 27 heavy (non-hydrogen) atoms. The molecule has 2 aliphatic rings. The molecule has 0 unspecified atom stereocenters. The zero-order valence-electron chi connectivity index (χ0n) is 15.1. The van der Waals surface area contributed by atoms with E-state index >= 15 is 0 Å². The molecule has 1 saturated heterocycles. The number of alkyl halides is 3. The molecule has 1 atom stereocenters. The molecule has 1 aromatic carbocycles. The van der Waals surface area contributed by atoms with Gasteiger partial charge in [-0.25, -0.2) is 4.98 Å². The van der Waals surface area contributed by atoms with Gasteiger partial charge in [0.15, 0.2) is 0 Å². The van der Waals surface area contributed by atoms with Crippen molar-refractivity contribution >= 4 is 16.8 Å². The molecule has 1 aliphatic heterocycles. The summed E-state index contributed by atoms with van der Waals surface area (Å²) in [6, 6.07) is 4.80. The van der Waals surface area contributed by atoms with Crippen LogP contribution in [0.2, 0.25) is 0 Å². The number of carbonyl (C=O) groups is 1. The fourth-order valence-electron chi connectivity index (χ4n) is 3.74. The fraction of sp³-hybridized carbons (Fsp3) is 0.500. The normalized spacial score (nSPS) is 20.2. The van der Waals surface area contributed by atoms with E-state index < -0.39 is 17.6 Å². The fourth-order valence-corrected chi connectivity index (χ4v) is 3.74. The van der Waals surface area contributed by atoms with Crippen LogP contribution in [0.15, 0.2) is 18.2 Å². The lowest BCUT2D eigenvalue weighted by molar-refractivity contribution is -0.136. The van der Waals surface area contributed by atoms with Gasteiger partial charge in [-0.2, -0.15) is 13.2 Å². The monoisotopic (exact) mass is 377 g/mol. The first-order valence-corrected chi connectivity index (χ1v) is 9.37. The van der Waals surface area contributed by atoms with E-state index in [0.29, 0.717) is 23.1 Å². The van der Waals surface area contributed by atoms with Gasteiger partial charge < -0.3 is 10.6 Å². The molecule has 144 valence electrons. The summed E-state index contributed by atoms with van der Waals surface area (Å²) in [7, 11) is 0. The lowest BCUT2D eigenvalue weighted by Gasteiger charge is -2.16. The number of hydrogen-bond acceptors (Lipinski definition) is 3. The highest BCUT2D eigenvalue weighted by Gasteiger charge is 2.36. The van der Waals surface area contributed by atoms with Crippen LogP contribution in [0.4, 0.5) is 13.2 Å². The molecule has 4 nitrogen and oxygen atoms in total. The van der Waals surface area contributed by atoms with E-state index in [-0.39, 0.29) is 23.2 Å². The topological polar surface area (TPSA) is 54.0 Å². The van der Waals surface area contributed by atoms with Gasteiger partial charge in [-0.1, -0.05) is 0 Å². The summed E-state index contributed by atoms with van der Waals surface area (Å²) in [6.07, 6.45) is -0.625. The number of aromatic nitrogens is 1. The van der Waals surface area contributed by atoms with Crippen LogP contribution in [0, 0.1) is 6.92 Å². The van der Waals surface area contributed by atoms with Crippen molar-refractivity contribution in [2.24, 2.45) is 0 Å². The third-order valence-corrected chi connectivity index (χ3v) is 5.40. The number of nitrogens with zero attached hydrogens (tertiary/aromatic N) is 1. The molecule has 2 fully saturated rings. The molecule has 4 rings (SSSR count). The summed E-state index contributed by atoms with van der Waals surface area (Å²) in [4.78, 5) is 16.6. The number of aryl methyl sites for hydroxylation is 1. The molecular weight excluding hydrogens is 355 g/mol. The standard InChI is InChI=1S/C20H22F3N3O/c1-11-7-17(19(27)25-10-14-3-2-6-24-14)26-18-15(11)8-13(12-4-5-12)9-16(18)20(21,22)23/h7-9,12,14,24H,2-6,10H2,1H3,(H,25,27)/t14-/m1/s1. The second-order valence-electron chi connectivity index (χ2n) is 7.56. The van der Waals surface area contributed by atoms with Gasteiger partial charge in [-0.15, -0.1) is 0 Å². The van der Waals surface area contributed by atoms with Crippen molar-refractivity contribution in [3.05, 3.63) is 40.6 Å². The molecule has 2 aromatic rings. The van der Waals surface area contributed by atoms with E-state index in [9.17, 15) is 18.0 Å². The summed E-state index contributed by atoms with van der Waals surface area (Å²) in [5.74, 6) is -0.232. The highest BCUT2D eigenvalue weighted by atomic mass is 19.4. The Morgan fingerprint density at radius 2 is 2.04 bits per heavy atom. The Hall–Kier alpha value is -2.15. The zero-order chi connectivity index (χ0) is 19.2. The van der Waals surface area contributed by atoms with Crippen LogP contribution < -0.4 is 10.6 Å². The van der Waals surface area contributed by atoms with Crippen LogP contribution in [0.25, 0.3) is 10.9 Å². The van der Waals surface area contributed by atoms with Gasteiger partial charge in [-0.3, -0.25) is 4.79 Å². The molecule has 0 spiro atoms. The van der Waals surface area contributed by atoms with Crippen molar-refractivity contribution in [1.82, 2.24) is 15.6 Å². The largest absolute Gasteiger partial charge is 0.418 e. The van der Waals surface area contributed by atoms with E-state index in [2.05, 4.69) is 15.6 Å². The molecule has 1 aliphatic carbocycles. The third-order valence-electron chi connectivity index (χ3n) is 5.40. The van der Waals surface area contributed by atoms with Crippen LogP contribution in [0.5, 0.6) is 0 Å². The van der Waals surface area contributed by atoms with Gasteiger partial charge in [0.1, 0.15) is 5.69 Å². The minimum atomic E-state index is -4.51. The highest BCUT2D eigenvalue weighted by Crippen LogP contribution is 2.44. The van der Waals surface area contributed by atoms with Crippen LogP contribution in [0.3, 0.4) is 0 Å². The van der Waals surface area contributed by atoms with E-state index in [4.69, 9.17) is 0 Å². The van der Waals surface area contributed by atoms with Gasteiger partial charge in [0.05, 0.1) is 11.1 Å². The summed E-state index contributed by atoms with van der Waals surface area (Å²) < 4.78 is 40.9. The number of nitrogens with one attached hydrogen (secondary N) is 2. The number of pyridine rings is 1. The number of halogens is 3. The van der Waals surface area contributed by atoms with Crippen molar-refractivity contribution in [2.45, 2.75) is 50.7 Å². The Kier molecular flexibility index (Phi) is 4.58. The quantitative estimate of drug-likeness (QED) is 0.849. The predicted molar refractivity (Wildman–Crippen MR) is 96.8 cm³/mol. The average Bonchev–Trinajstić information content (AvgIpc) is 3.34. The van der Waals surface area contributed by atoms with Gasteiger partial charge in [0, 0.05) is 18.0 Å². The number of benzene rings is 1. The maximum Gasteiger partial charge on any atom is 0.418 e. The first-order chi connectivity index (χ1) is 12.8. The molecule has 2 N–H and O–H groups in total. The van der Waals surface area contributed by atoms with E-state index in [0.717, 1.165) is 32.2 Å². The molecule has 7 heteroatoms. The second kappa shape index (κ2) is 6.78. The van der Waals surface area contributed by atoms with Crippen molar-refractivity contribution in [3.63, 3.8) is 0 Å². The predicted octanol–water partition coefficient (Wildman–Crippen LogP) is 3.92. The number of hydrogen-bond donors (Lipinski definition) is 2. The van der Waals surface area contributed by atoms with Gasteiger partial charge in [0.25, 0.3) is 5.91 Å². The first kappa shape index (κ1) is 18.2. The van der Waals surface area contributed by atoms with Gasteiger partial charge >= 0.3 is 6.18 Å². The number of fused-ring (bicyclic) bond motifs is 1. The van der Waals surface area contributed by atoms with Gasteiger partial charge in [0.2, 0.25) is 0 Å². The van der Waals surface area contributed by atoms with Crippen LogP contribution >= 0.6 is 0 Å². The maximum absolute atomic E-state index is 13.6. The Morgan fingerprint density at radius 1 is 1.26 bits per heavy atom. The summed E-state index contributed by atoms with van der Waals surface area (Å²) in [5, 5.41) is 6.53. The Bertz CT molecular complexity index is 884. The molecule has 0 radical (unpaired) electrons. The SMILES string of the molecule is Cc1cc(C(=O)NC[C@H]2CCCN2)nc2c(C(F)(F)F)cc(C3CC3)cc12.